The Labute approximate surface area is 167 Å². The second kappa shape index (κ2) is 7.87. The van der Waals surface area contributed by atoms with Crippen LogP contribution >= 0.6 is 0 Å². The number of fused-ring (bicyclic) bond motifs is 1. The monoisotopic (exact) mass is 404 g/mol. The first-order valence-corrected chi connectivity index (χ1v) is 9.15. The highest BCUT2D eigenvalue weighted by Gasteiger charge is 2.30. The van der Waals surface area contributed by atoms with Gasteiger partial charge in [-0.15, -0.1) is 0 Å². The van der Waals surface area contributed by atoms with Crippen LogP contribution in [0.15, 0.2) is 47.3 Å². The van der Waals surface area contributed by atoms with E-state index in [9.17, 15) is 18.0 Å². The van der Waals surface area contributed by atoms with Gasteiger partial charge in [-0.25, -0.2) is 4.98 Å². The number of rotatable bonds is 5. The van der Waals surface area contributed by atoms with E-state index in [1.54, 1.807) is 19.1 Å². The molecule has 0 saturated heterocycles. The first-order chi connectivity index (χ1) is 13.6. The molecule has 3 aromatic rings. The zero-order valence-electron chi connectivity index (χ0n) is 16.8. The minimum absolute atomic E-state index is 0.310. The van der Waals surface area contributed by atoms with E-state index in [0.29, 0.717) is 22.4 Å². The van der Waals surface area contributed by atoms with Crippen molar-refractivity contribution in [3.63, 3.8) is 0 Å². The van der Waals surface area contributed by atoms with E-state index in [-0.39, 0.29) is 5.56 Å². The van der Waals surface area contributed by atoms with Crippen LogP contribution in [0.2, 0.25) is 0 Å². The first kappa shape index (κ1) is 20.9. The lowest BCUT2D eigenvalue weighted by Gasteiger charge is -2.22. The van der Waals surface area contributed by atoms with Gasteiger partial charge in [0.15, 0.2) is 0 Å². The van der Waals surface area contributed by atoms with Gasteiger partial charge in [-0.3, -0.25) is 9.36 Å². The van der Waals surface area contributed by atoms with Crippen molar-refractivity contribution in [2.24, 2.45) is 0 Å². The van der Waals surface area contributed by atoms with Gasteiger partial charge in [0.05, 0.1) is 22.2 Å². The van der Waals surface area contributed by atoms with Crippen LogP contribution in [0.3, 0.4) is 0 Å². The van der Waals surface area contributed by atoms with Gasteiger partial charge >= 0.3 is 6.18 Å². The molecule has 0 atom stereocenters. The quantitative estimate of drug-likeness (QED) is 0.650. The number of benzene rings is 2. The molecule has 0 aliphatic rings. The fourth-order valence-electron chi connectivity index (χ4n) is 3.10. The number of hydrogen-bond donors (Lipinski definition) is 0. The van der Waals surface area contributed by atoms with E-state index in [2.05, 4.69) is 9.88 Å². The summed E-state index contributed by atoms with van der Waals surface area (Å²) in [6.07, 6.45) is -4.42. The number of likely N-dealkylation sites (N-methyl/N-ethyl adjacent to an activating group) is 2. The molecular weight excluding hydrogens is 381 g/mol. The van der Waals surface area contributed by atoms with Gasteiger partial charge in [0.2, 0.25) is 0 Å². The number of aryl methyl sites for hydroxylation is 1. The van der Waals surface area contributed by atoms with Crippen LogP contribution in [0.5, 0.6) is 0 Å². The van der Waals surface area contributed by atoms with Crippen LogP contribution in [-0.2, 0) is 6.18 Å². The summed E-state index contributed by atoms with van der Waals surface area (Å²) in [6, 6.07) is 10.00. The third-order valence-corrected chi connectivity index (χ3v) is 4.80. The van der Waals surface area contributed by atoms with Gasteiger partial charge in [0.25, 0.3) is 5.56 Å². The van der Waals surface area contributed by atoms with Crippen molar-refractivity contribution in [3.05, 3.63) is 64.2 Å². The number of alkyl halides is 3. The normalized spacial score (nSPS) is 12.0. The van der Waals surface area contributed by atoms with Crippen LogP contribution in [0.4, 0.5) is 18.9 Å². The molecule has 29 heavy (non-hydrogen) atoms. The van der Waals surface area contributed by atoms with E-state index >= 15 is 0 Å². The third kappa shape index (κ3) is 4.42. The summed E-state index contributed by atoms with van der Waals surface area (Å²) in [5.41, 5.74) is 0.711. The highest BCUT2D eigenvalue weighted by molar-refractivity contribution is 5.82. The molecule has 2 aromatic carbocycles. The first-order valence-electron chi connectivity index (χ1n) is 9.15. The lowest BCUT2D eigenvalue weighted by atomic mass is 10.1. The standard InChI is InChI=1S/C21H23F3N4O/c1-14-25-19-10-9-17(27(4)12-11-26(2)3)13-18(19)20(29)28(14)16-7-5-15(6-8-16)21(22,23)24/h5-10,13H,11-12H2,1-4H3. The van der Waals surface area contributed by atoms with Crippen molar-refractivity contribution >= 4 is 16.6 Å². The number of anilines is 1. The summed E-state index contributed by atoms with van der Waals surface area (Å²) in [5, 5.41) is 0.421. The predicted octanol–water partition coefficient (Wildman–Crippen LogP) is 3.71. The second-order valence-corrected chi connectivity index (χ2v) is 7.27. The van der Waals surface area contributed by atoms with Crippen molar-refractivity contribution in [2.75, 3.05) is 39.1 Å². The van der Waals surface area contributed by atoms with Gasteiger partial charge in [0.1, 0.15) is 5.82 Å². The molecule has 0 spiro atoms. The number of hydrogen-bond acceptors (Lipinski definition) is 4. The Morgan fingerprint density at radius 2 is 1.66 bits per heavy atom. The minimum atomic E-state index is -4.42. The Balaban J connectivity index is 2.06. The Kier molecular flexibility index (Phi) is 5.66. The van der Waals surface area contributed by atoms with Gasteiger partial charge in [-0.2, -0.15) is 13.2 Å². The predicted molar refractivity (Wildman–Crippen MR) is 109 cm³/mol. The fraction of sp³-hybridized carbons (Fsp3) is 0.333. The Hall–Kier alpha value is -2.87. The van der Waals surface area contributed by atoms with E-state index in [1.807, 2.05) is 32.1 Å². The van der Waals surface area contributed by atoms with Crippen LogP contribution in [-0.4, -0.2) is 48.7 Å². The van der Waals surface area contributed by atoms with Crippen molar-refractivity contribution < 1.29 is 13.2 Å². The average molecular weight is 404 g/mol. The van der Waals surface area contributed by atoms with Crippen LogP contribution < -0.4 is 10.5 Å². The average Bonchev–Trinajstić information content (AvgIpc) is 2.65. The highest BCUT2D eigenvalue weighted by Crippen LogP contribution is 2.29. The van der Waals surface area contributed by atoms with Gasteiger partial charge in [-0.05, 0) is 63.5 Å². The van der Waals surface area contributed by atoms with Crippen molar-refractivity contribution in [3.8, 4) is 5.69 Å². The van der Waals surface area contributed by atoms with E-state index in [0.717, 1.165) is 30.9 Å². The zero-order valence-corrected chi connectivity index (χ0v) is 16.8. The fourth-order valence-corrected chi connectivity index (χ4v) is 3.10. The summed E-state index contributed by atoms with van der Waals surface area (Å²) >= 11 is 0. The molecule has 0 saturated carbocycles. The molecule has 0 amide bonds. The topological polar surface area (TPSA) is 41.4 Å². The molecule has 0 unspecified atom stereocenters. The summed E-state index contributed by atoms with van der Waals surface area (Å²) < 4.78 is 39.8. The van der Waals surface area contributed by atoms with Crippen molar-refractivity contribution in [2.45, 2.75) is 13.1 Å². The molecule has 154 valence electrons. The summed E-state index contributed by atoms with van der Waals surface area (Å²) in [4.78, 5) is 21.7. The molecule has 0 aliphatic heterocycles. The van der Waals surface area contributed by atoms with Crippen LogP contribution in [0.25, 0.3) is 16.6 Å². The lowest BCUT2D eigenvalue weighted by Crippen LogP contribution is -2.28. The van der Waals surface area contributed by atoms with Gasteiger partial charge in [0, 0.05) is 25.8 Å². The lowest BCUT2D eigenvalue weighted by molar-refractivity contribution is -0.137. The molecule has 0 aliphatic carbocycles. The Morgan fingerprint density at radius 1 is 1.00 bits per heavy atom. The molecule has 0 N–H and O–H groups in total. The summed E-state index contributed by atoms with van der Waals surface area (Å²) in [6.45, 7) is 3.30. The van der Waals surface area contributed by atoms with Gasteiger partial charge < -0.3 is 9.80 Å². The molecule has 3 rings (SSSR count). The SMILES string of the molecule is Cc1nc2ccc(N(C)CCN(C)C)cc2c(=O)n1-c1ccc(C(F)(F)F)cc1. The van der Waals surface area contributed by atoms with Crippen molar-refractivity contribution in [1.82, 2.24) is 14.5 Å². The molecule has 1 aromatic heterocycles. The van der Waals surface area contributed by atoms with Crippen LogP contribution in [0.1, 0.15) is 11.4 Å². The molecule has 0 bridgehead atoms. The largest absolute Gasteiger partial charge is 0.416 e. The smallest absolute Gasteiger partial charge is 0.373 e. The van der Waals surface area contributed by atoms with Gasteiger partial charge in [-0.1, -0.05) is 0 Å². The highest BCUT2D eigenvalue weighted by atomic mass is 19.4. The summed E-state index contributed by atoms with van der Waals surface area (Å²) in [5.74, 6) is 0.413. The minimum Gasteiger partial charge on any atom is -0.373 e. The van der Waals surface area contributed by atoms with Crippen molar-refractivity contribution in [1.29, 1.82) is 0 Å². The molecule has 1 heterocycles. The summed E-state index contributed by atoms with van der Waals surface area (Å²) in [7, 11) is 5.92. The molecular formula is C21H23F3N4O. The zero-order chi connectivity index (χ0) is 21.3. The van der Waals surface area contributed by atoms with E-state index in [1.165, 1.54) is 16.7 Å². The molecule has 5 nitrogen and oxygen atoms in total. The maximum Gasteiger partial charge on any atom is 0.416 e. The third-order valence-electron chi connectivity index (χ3n) is 4.80. The number of halogens is 3. The number of aromatic nitrogens is 2. The van der Waals surface area contributed by atoms with E-state index < -0.39 is 11.7 Å². The number of nitrogens with zero attached hydrogens (tertiary/aromatic N) is 4. The Morgan fingerprint density at radius 3 is 2.24 bits per heavy atom. The Bertz CT molecular complexity index is 1070. The molecule has 8 heteroatoms. The maximum atomic E-state index is 13.1. The van der Waals surface area contributed by atoms with E-state index in [4.69, 9.17) is 0 Å². The molecule has 0 fully saturated rings. The maximum absolute atomic E-state index is 13.1. The second-order valence-electron chi connectivity index (χ2n) is 7.27. The van der Waals surface area contributed by atoms with Crippen LogP contribution in [0, 0.1) is 6.92 Å². The molecule has 0 radical (unpaired) electrons.